The van der Waals surface area contributed by atoms with Gasteiger partial charge in [-0.3, -0.25) is 4.79 Å². The first-order valence-corrected chi connectivity index (χ1v) is 5.99. The smallest absolute Gasteiger partial charge is 0.251 e. The van der Waals surface area contributed by atoms with Crippen LogP contribution in [0.3, 0.4) is 0 Å². The third kappa shape index (κ3) is 3.17. The highest BCUT2D eigenvalue weighted by molar-refractivity contribution is 5.95. The predicted octanol–water partition coefficient (Wildman–Crippen LogP) is 0.734. The van der Waals surface area contributed by atoms with Crippen molar-refractivity contribution in [3.8, 4) is 5.69 Å². The van der Waals surface area contributed by atoms with E-state index in [1.54, 1.807) is 29.2 Å². The Labute approximate surface area is 111 Å². The lowest BCUT2D eigenvalue weighted by Gasteiger charge is -2.24. The van der Waals surface area contributed by atoms with Crippen molar-refractivity contribution in [2.45, 2.75) is 19.4 Å². The second kappa shape index (κ2) is 5.19. The van der Waals surface area contributed by atoms with Crippen LogP contribution in [0.4, 0.5) is 0 Å². The summed E-state index contributed by atoms with van der Waals surface area (Å²) in [5, 5.41) is 6.92. The van der Waals surface area contributed by atoms with Crippen LogP contribution in [0.25, 0.3) is 5.69 Å². The number of rotatable bonds is 4. The number of nitrogens with zero attached hydrogens (tertiary/aromatic N) is 3. The van der Waals surface area contributed by atoms with Gasteiger partial charge in [0.1, 0.15) is 12.7 Å². The van der Waals surface area contributed by atoms with Crippen LogP contribution in [-0.2, 0) is 0 Å². The number of carbonyl (C=O) groups is 1. The molecule has 0 aliphatic carbocycles. The molecule has 1 aromatic carbocycles. The molecule has 100 valence electrons. The van der Waals surface area contributed by atoms with Crippen LogP contribution in [0.2, 0.25) is 0 Å². The fourth-order valence-electron chi connectivity index (χ4n) is 1.56. The van der Waals surface area contributed by atoms with E-state index in [9.17, 15) is 4.79 Å². The Morgan fingerprint density at radius 3 is 2.89 bits per heavy atom. The van der Waals surface area contributed by atoms with Gasteiger partial charge in [-0.1, -0.05) is 6.07 Å². The second-order valence-electron chi connectivity index (χ2n) is 4.93. The number of nitrogens with one attached hydrogen (secondary N) is 1. The summed E-state index contributed by atoms with van der Waals surface area (Å²) in [6.45, 7) is 4.14. The molecule has 19 heavy (non-hydrogen) atoms. The van der Waals surface area contributed by atoms with Gasteiger partial charge in [-0.15, -0.1) is 0 Å². The zero-order valence-electron chi connectivity index (χ0n) is 11.0. The number of hydrogen-bond donors (Lipinski definition) is 2. The molecule has 0 saturated carbocycles. The minimum Gasteiger partial charge on any atom is -0.346 e. The van der Waals surface area contributed by atoms with Crippen molar-refractivity contribution >= 4 is 5.91 Å². The molecular weight excluding hydrogens is 242 g/mol. The first kappa shape index (κ1) is 13.2. The number of nitrogens with two attached hydrogens (primary N) is 1. The molecule has 3 N–H and O–H groups in total. The molecule has 0 bridgehead atoms. The summed E-state index contributed by atoms with van der Waals surface area (Å²) >= 11 is 0. The summed E-state index contributed by atoms with van der Waals surface area (Å²) in [6, 6.07) is 7.18. The summed E-state index contributed by atoms with van der Waals surface area (Å²) < 4.78 is 1.60. The van der Waals surface area contributed by atoms with Crippen LogP contribution >= 0.6 is 0 Å². The zero-order chi connectivity index (χ0) is 13.9. The zero-order valence-corrected chi connectivity index (χ0v) is 11.0. The molecule has 0 spiro atoms. The van der Waals surface area contributed by atoms with Gasteiger partial charge < -0.3 is 11.1 Å². The largest absolute Gasteiger partial charge is 0.346 e. The third-order valence-corrected chi connectivity index (χ3v) is 2.75. The van der Waals surface area contributed by atoms with Gasteiger partial charge in [0.2, 0.25) is 0 Å². The van der Waals surface area contributed by atoms with E-state index >= 15 is 0 Å². The normalized spacial score (nSPS) is 11.3. The van der Waals surface area contributed by atoms with Crippen LogP contribution in [0.5, 0.6) is 0 Å². The van der Waals surface area contributed by atoms with Crippen molar-refractivity contribution in [1.29, 1.82) is 0 Å². The minimum atomic E-state index is -0.430. The molecule has 1 amide bonds. The molecule has 2 rings (SSSR count). The van der Waals surface area contributed by atoms with Crippen molar-refractivity contribution < 1.29 is 4.79 Å². The van der Waals surface area contributed by atoms with Crippen molar-refractivity contribution in [1.82, 2.24) is 20.1 Å². The molecule has 6 heteroatoms. The van der Waals surface area contributed by atoms with Crippen LogP contribution in [0.1, 0.15) is 24.2 Å². The van der Waals surface area contributed by atoms with Crippen LogP contribution in [0.15, 0.2) is 36.9 Å². The van der Waals surface area contributed by atoms with Crippen molar-refractivity contribution in [2.75, 3.05) is 6.54 Å². The molecule has 1 aromatic heterocycles. The fraction of sp³-hybridized carbons (Fsp3) is 0.308. The first-order valence-electron chi connectivity index (χ1n) is 5.99. The van der Waals surface area contributed by atoms with Crippen molar-refractivity contribution in [3.05, 3.63) is 42.5 Å². The molecule has 0 atom stereocenters. The number of carbonyl (C=O) groups excluding carboxylic acids is 1. The first-order chi connectivity index (χ1) is 9.02. The third-order valence-electron chi connectivity index (χ3n) is 2.75. The van der Waals surface area contributed by atoms with E-state index in [0.29, 0.717) is 12.1 Å². The summed E-state index contributed by atoms with van der Waals surface area (Å²) in [5.74, 6) is -0.155. The Kier molecular flexibility index (Phi) is 3.62. The molecule has 0 aliphatic heterocycles. The standard InChI is InChI=1S/C13H17N5O/c1-13(2,7-14)17-12(19)10-4-3-5-11(6-10)18-9-15-8-16-18/h3-6,8-9H,7,14H2,1-2H3,(H,17,19). The lowest BCUT2D eigenvalue weighted by molar-refractivity contribution is 0.0915. The average Bonchev–Trinajstić information content (AvgIpc) is 2.92. The molecule has 0 fully saturated rings. The van der Waals surface area contributed by atoms with E-state index in [2.05, 4.69) is 15.4 Å². The van der Waals surface area contributed by atoms with Crippen LogP contribution < -0.4 is 11.1 Å². The molecule has 1 heterocycles. The molecule has 6 nitrogen and oxygen atoms in total. The molecule has 0 aliphatic rings. The lowest BCUT2D eigenvalue weighted by Crippen LogP contribution is -2.48. The Bertz CT molecular complexity index is 562. The molecule has 0 unspecified atom stereocenters. The highest BCUT2D eigenvalue weighted by Crippen LogP contribution is 2.10. The molecule has 2 aromatic rings. The van der Waals surface area contributed by atoms with Gasteiger partial charge in [0, 0.05) is 17.6 Å². The Hall–Kier alpha value is -2.21. The fourth-order valence-corrected chi connectivity index (χ4v) is 1.56. The average molecular weight is 259 g/mol. The minimum absolute atomic E-state index is 0.155. The van der Waals surface area contributed by atoms with Crippen molar-refractivity contribution in [3.63, 3.8) is 0 Å². The predicted molar refractivity (Wildman–Crippen MR) is 72.0 cm³/mol. The van der Waals surface area contributed by atoms with Gasteiger partial charge in [-0.05, 0) is 32.0 Å². The van der Waals surface area contributed by atoms with Gasteiger partial charge in [-0.25, -0.2) is 9.67 Å². The van der Waals surface area contributed by atoms with E-state index in [1.165, 1.54) is 6.33 Å². The maximum absolute atomic E-state index is 12.1. The summed E-state index contributed by atoms with van der Waals surface area (Å²) in [7, 11) is 0. The van der Waals surface area contributed by atoms with Crippen LogP contribution in [-0.4, -0.2) is 32.8 Å². The van der Waals surface area contributed by atoms with E-state index in [0.717, 1.165) is 5.69 Å². The summed E-state index contributed by atoms with van der Waals surface area (Å²) in [6.07, 6.45) is 3.03. The Morgan fingerprint density at radius 1 is 1.47 bits per heavy atom. The van der Waals surface area contributed by atoms with Gasteiger partial charge in [-0.2, -0.15) is 5.10 Å². The number of hydrogen-bond acceptors (Lipinski definition) is 4. The molecule has 0 saturated heterocycles. The summed E-state index contributed by atoms with van der Waals surface area (Å²) in [5.41, 5.74) is 6.52. The monoisotopic (exact) mass is 259 g/mol. The maximum atomic E-state index is 12.1. The Balaban J connectivity index is 2.22. The van der Waals surface area contributed by atoms with Crippen LogP contribution in [0, 0.1) is 0 Å². The van der Waals surface area contributed by atoms with Gasteiger partial charge in [0.25, 0.3) is 5.91 Å². The van der Waals surface area contributed by atoms with Gasteiger partial charge in [0.15, 0.2) is 0 Å². The molecule has 0 radical (unpaired) electrons. The topological polar surface area (TPSA) is 85.8 Å². The van der Waals surface area contributed by atoms with Gasteiger partial charge in [0.05, 0.1) is 5.69 Å². The van der Waals surface area contributed by atoms with Crippen molar-refractivity contribution in [2.24, 2.45) is 5.73 Å². The highest BCUT2D eigenvalue weighted by atomic mass is 16.1. The van der Waals surface area contributed by atoms with E-state index < -0.39 is 5.54 Å². The highest BCUT2D eigenvalue weighted by Gasteiger charge is 2.19. The van der Waals surface area contributed by atoms with E-state index in [1.807, 2.05) is 19.9 Å². The Morgan fingerprint density at radius 2 is 2.26 bits per heavy atom. The maximum Gasteiger partial charge on any atom is 0.251 e. The molecular formula is C13H17N5O. The van der Waals surface area contributed by atoms with E-state index in [-0.39, 0.29) is 5.91 Å². The van der Waals surface area contributed by atoms with E-state index in [4.69, 9.17) is 5.73 Å². The van der Waals surface area contributed by atoms with Gasteiger partial charge >= 0.3 is 0 Å². The summed E-state index contributed by atoms with van der Waals surface area (Å²) in [4.78, 5) is 16.0. The second-order valence-corrected chi connectivity index (χ2v) is 4.93. The number of aromatic nitrogens is 3. The lowest BCUT2D eigenvalue weighted by atomic mass is 10.1. The quantitative estimate of drug-likeness (QED) is 0.847. The number of benzene rings is 1. The SMILES string of the molecule is CC(C)(CN)NC(=O)c1cccc(-n2cncn2)c1. The number of amides is 1.